The number of aromatic nitrogens is 4. The van der Waals surface area contributed by atoms with Crippen molar-refractivity contribution in [2.24, 2.45) is 14.1 Å². The molecule has 0 unspecified atom stereocenters. The van der Waals surface area contributed by atoms with Crippen molar-refractivity contribution in [3.05, 3.63) is 44.5 Å². The van der Waals surface area contributed by atoms with Gasteiger partial charge in [0, 0.05) is 43.4 Å². The van der Waals surface area contributed by atoms with E-state index in [0.717, 1.165) is 11.3 Å². The third-order valence-electron chi connectivity index (χ3n) is 4.34. The lowest BCUT2D eigenvalue weighted by Gasteiger charge is -2.18. The molecule has 0 bridgehead atoms. The maximum absolute atomic E-state index is 13.0. The molecule has 0 spiro atoms. The van der Waals surface area contributed by atoms with Gasteiger partial charge in [-0.1, -0.05) is 0 Å². The van der Waals surface area contributed by atoms with Crippen molar-refractivity contribution in [1.82, 2.24) is 23.6 Å². The Balaban J connectivity index is 2.10. The minimum Gasteiger partial charge on any atom is -0.295 e. The van der Waals surface area contributed by atoms with Gasteiger partial charge in [-0.15, -0.1) is 0 Å². The summed E-state index contributed by atoms with van der Waals surface area (Å²) in [6.45, 7) is 2.04. The van der Waals surface area contributed by atoms with Crippen LogP contribution in [0.25, 0.3) is 11.0 Å². The van der Waals surface area contributed by atoms with Gasteiger partial charge in [-0.2, -0.15) is 9.40 Å². The van der Waals surface area contributed by atoms with E-state index in [1.807, 2.05) is 6.92 Å². The Hall–Kier alpha value is -1.91. The molecule has 3 rings (SSSR count). The van der Waals surface area contributed by atoms with Crippen molar-refractivity contribution >= 4 is 37.0 Å². The second kappa shape index (κ2) is 6.11. The second-order valence-corrected chi connectivity index (χ2v) is 8.82. The fourth-order valence-corrected chi connectivity index (χ4v) is 4.88. The average Bonchev–Trinajstić information content (AvgIpc) is 3.04. The summed E-state index contributed by atoms with van der Waals surface area (Å²) in [5, 5.41) is 6.71. The molecule has 0 aliphatic carbocycles. The molecule has 0 aliphatic heterocycles. The van der Waals surface area contributed by atoms with Crippen LogP contribution in [0.5, 0.6) is 0 Å². The molecule has 0 saturated carbocycles. The van der Waals surface area contributed by atoms with Crippen LogP contribution in [0.3, 0.4) is 0 Å². The molecule has 25 heavy (non-hydrogen) atoms. The summed E-state index contributed by atoms with van der Waals surface area (Å²) < 4.78 is 30.6. The molecule has 0 atom stereocenters. The summed E-state index contributed by atoms with van der Waals surface area (Å²) in [4.78, 5) is 12.2. The van der Waals surface area contributed by atoms with E-state index in [0.29, 0.717) is 15.5 Å². The standard InChI is InChI=1S/C15H18BrN5O3S/c1-9-10(7-17-18-9)8-19(2)25(23,24)14-6-13-12(5-11(14)16)20(3)15(22)21(13)4/h5-7H,8H2,1-4H3,(H,17,18). The van der Waals surface area contributed by atoms with Crippen molar-refractivity contribution in [3.8, 4) is 0 Å². The number of aryl methyl sites for hydroxylation is 3. The number of halogens is 1. The normalized spacial score (nSPS) is 12.4. The Labute approximate surface area is 153 Å². The molecule has 0 fully saturated rings. The lowest BCUT2D eigenvalue weighted by atomic mass is 10.3. The van der Waals surface area contributed by atoms with Crippen LogP contribution in [0.2, 0.25) is 0 Å². The van der Waals surface area contributed by atoms with Gasteiger partial charge in [-0.05, 0) is 35.0 Å². The largest absolute Gasteiger partial charge is 0.328 e. The highest BCUT2D eigenvalue weighted by molar-refractivity contribution is 9.10. The van der Waals surface area contributed by atoms with E-state index in [1.165, 1.54) is 26.6 Å². The van der Waals surface area contributed by atoms with Crippen molar-refractivity contribution < 1.29 is 8.42 Å². The van der Waals surface area contributed by atoms with Gasteiger partial charge in [-0.25, -0.2) is 13.2 Å². The number of nitrogens with one attached hydrogen (secondary N) is 1. The zero-order chi connectivity index (χ0) is 18.5. The van der Waals surface area contributed by atoms with Crippen LogP contribution in [0, 0.1) is 6.92 Å². The minimum absolute atomic E-state index is 0.116. The molecule has 0 aliphatic rings. The fourth-order valence-electron chi connectivity index (χ4n) is 2.73. The van der Waals surface area contributed by atoms with Gasteiger partial charge in [0.25, 0.3) is 0 Å². The van der Waals surface area contributed by atoms with E-state index >= 15 is 0 Å². The number of imidazole rings is 1. The fraction of sp³-hybridized carbons (Fsp3) is 0.333. The first kappa shape index (κ1) is 17.9. The van der Waals surface area contributed by atoms with Crippen LogP contribution in [-0.2, 0) is 30.7 Å². The Bertz CT molecular complexity index is 1130. The Morgan fingerprint density at radius 1 is 1.24 bits per heavy atom. The number of hydrogen-bond donors (Lipinski definition) is 1. The minimum atomic E-state index is -3.75. The molecule has 8 nitrogen and oxygen atoms in total. The summed E-state index contributed by atoms with van der Waals surface area (Å²) in [5.74, 6) is 0. The van der Waals surface area contributed by atoms with Crippen molar-refractivity contribution in [1.29, 1.82) is 0 Å². The lowest BCUT2D eigenvalue weighted by Crippen LogP contribution is -2.27. The van der Waals surface area contributed by atoms with Gasteiger partial charge in [-0.3, -0.25) is 14.2 Å². The quantitative estimate of drug-likeness (QED) is 0.682. The number of rotatable bonds is 4. The monoisotopic (exact) mass is 427 g/mol. The summed E-state index contributed by atoms with van der Waals surface area (Å²) in [6.07, 6.45) is 1.61. The number of nitrogens with zero attached hydrogens (tertiary/aromatic N) is 4. The Morgan fingerprint density at radius 2 is 1.84 bits per heavy atom. The summed E-state index contributed by atoms with van der Waals surface area (Å²) in [6, 6.07) is 3.18. The van der Waals surface area contributed by atoms with Gasteiger partial charge in [0.05, 0.1) is 22.1 Å². The highest BCUT2D eigenvalue weighted by Gasteiger charge is 2.26. The Morgan fingerprint density at radius 3 is 2.40 bits per heavy atom. The topological polar surface area (TPSA) is 93.0 Å². The smallest absolute Gasteiger partial charge is 0.295 e. The van der Waals surface area contributed by atoms with Gasteiger partial charge < -0.3 is 0 Å². The van der Waals surface area contributed by atoms with Crippen LogP contribution in [0.4, 0.5) is 0 Å². The predicted octanol–water partition coefficient (Wildman–Crippen LogP) is 1.49. The molecule has 0 amide bonds. The van der Waals surface area contributed by atoms with Crippen molar-refractivity contribution in [2.45, 2.75) is 18.4 Å². The maximum atomic E-state index is 13.0. The van der Waals surface area contributed by atoms with Gasteiger partial charge >= 0.3 is 5.69 Å². The summed E-state index contributed by atoms with van der Waals surface area (Å²) >= 11 is 3.33. The van der Waals surface area contributed by atoms with E-state index < -0.39 is 10.0 Å². The predicted molar refractivity (Wildman–Crippen MR) is 97.8 cm³/mol. The molecule has 3 aromatic rings. The van der Waals surface area contributed by atoms with E-state index in [4.69, 9.17) is 0 Å². The zero-order valence-electron chi connectivity index (χ0n) is 14.2. The molecule has 2 heterocycles. The SMILES string of the molecule is Cc1[nH]ncc1CN(C)S(=O)(=O)c1cc2c(cc1Br)n(C)c(=O)n2C. The first-order valence-corrected chi connectivity index (χ1v) is 9.68. The maximum Gasteiger partial charge on any atom is 0.328 e. The number of fused-ring (bicyclic) bond motifs is 1. The summed E-state index contributed by atoms with van der Waals surface area (Å²) in [5.41, 5.74) is 2.63. The van der Waals surface area contributed by atoms with Gasteiger partial charge in [0.2, 0.25) is 10.0 Å². The molecule has 1 aromatic carbocycles. The third kappa shape index (κ3) is 2.83. The number of benzene rings is 1. The number of hydrogen-bond acceptors (Lipinski definition) is 4. The van der Waals surface area contributed by atoms with E-state index in [2.05, 4.69) is 26.1 Å². The van der Waals surface area contributed by atoms with Crippen LogP contribution < -0.4 is 5.69 Å². The number of sulfonamides is 1. The van der Waals surface area contributed by atoms with Gasteiger partial charge in [0.15, 0.2) is 0 Å². The van der Waals surface area contributed by atoms with Crippen molar-refractivity contribution in [3.63, 3.8) is 0 Å². The highest BCUT2D eigenvalue weighted by Crippen LogP contribution is 2.29. The average molecular weight is 428 g/mol. The summed E-state index contributed by atoms with van der Waals surface area (Å²) in [7, 11) is 1.03. The molecule has 1 N–H and O–H groups in total. The molecule has 10 heteroatoms. The zero-order valence-corrected chi connectivity index (χ0v) is 16.6. The van der Waals surface area contributed by atoms with E-state index in [-0.39, 0.29) is 17.1 Å². The number of H-pyrrole nitrogens is 1. The lowest BCUT2D eigenvalue weighted by molar-refractivity contribution is 0.465. The highest BCUT2D eigenvalue weighted by atomic mass is 79.9. The van der Waals surface area contributed by atoms with E-state index in [1.54, 1.807) is 26.4 Å². The van der Waals surface area contributed by atoms with Crippen LogP contribution >= 0.6 is 15.9 Å². The first-order chi connectivity index (χ1) is 11.6. The van der Waals surface area contributed by atoms with Gasteiger partial charge in [0.1, 0.15) is 0 Å². The number of aromatic amines is 1. The molecular weight excluding hydrogens is 410 g/mol. The van der Waals surface area contributed by atoms with Crippen molar-refractivity contribution in [2.75, 3.05) is 7.05 Å². The van der Waals surface area contributed by atoms with E-state index in [9.17, 15) is 13.2 Å². The first-order valence-electron chi connectivity index (χ1n) is 7.44. The molecule has 0 saturated heterocycles. The molecule has 0 radical (unpaired) electrons. The Kier molecular flexibility index (Phi) is 4.38. The third-order valence-corrected chi connectivity index (χ3v) is 7.10. The van der Waals surface area contributed by atoms with Crippen LogP contribution in [0.1, 0.15) is 11.3 Å². The molecule has 2 aromatic heterocycles. The van der Waals surface area contributed by atoms with Crippen LogP contribution in [-0.4, -0.2) is 39.1 Å². The molecule has 134 valence electrons. The second-order valence-electron chi connectivity index (χ2n) is 5.95. The van der Waals surface area contributed by atoms with Crippen LogP contribution in [0.15, 0.2) is 32.5 Å². The molecular formula is C15H18BrN5O3S.